The van der Waals surface area contributed by atoms with Gasteiger partial charge in [0.25, 0.3) is 0 Å². The highest BCUT2D eigenvalue weighted by Gasteiger charge is 2.22. The summed E-state index contributed by atoms with van der Waals surface area (Å²) in [5.41, 5.74) is -1.38. The molecule has 1 aromatic carbocycles. The molecule has 21 heavy (non-hydrogen) atoms. The summed E-state index contributed by atoms with van der Waals surface area (Å²) in [6.07, 6.45) is -0.469. The quantitative estimate of drug-likeness (QED) is 0.523. The van der Waals surface area contributed by atoms with Gasteiger partial charge in [-0.2, -0.15) is 4.39 Å². The molecule has 0 aliphatic rings. The van der Waals surface area contributed by atoms with E-state index in [2.05, 4.69) is 5.32 Å². The number of ether oxygens (including phenoxy) is 1. The molecule has 8 heteroatoms. The number of benzene rings is 1. The van der Waals surface area contributed by atoms with Crippen LogP contribution in [0, 0.1) is 15.9 Å². The Labute approximate surface area is 120 Å². The predicted octanol–water partition coefficient (Wildman–Crippen LogP) is 2.50. The molecule has 0 fully saturated rings. The van der Waals surface area contributed by atoms with Gasteiger partial charge in [0.05, 0.1) is 4.92 Å². The number of amides is 1. The molecule has 114 valence electrons. The second kappa shape index (κ2) is 6.29. The molecule has 1 aromatic rings. The third-order valence-corrected chi connectivity index (χ3v) is 2.34. The molecule has 1 atom stereocenters. The number of carbonyl (C=O) groups is 2. The Morgan fingerprint density at radius 3 is 2.52 bits per heavy atom. The molecule has 0 saturated heterocycles. The average molecular weight is 298 g/mol. The minimum absolute atomic E-state index is 0.0824. The number of nitrogens with one attached hydrogen (secondary N) is 1. The molecule has 0 spiro atoms. The molecule has 0 heterocycles. The van der Waals surface area contributed by atoms with Crippen molar-refractivity contribution in [3.63, 3.8) is 0 Å². The van der Waals surface area contributed by atoms with Gasteiger partial charge in [0.15, 0.2) is 0 Å². The smallest absolute Gasteiger partial charge is 0.408 e. The van der Waals surface area contributed by atoms with Crippen LogP contribution in [-0.4, -0.2) is 22.9 Å². The van der Waals surface area contributed by atoms with Gasteiger partial charge in [0.2, 0.25) is 5.82 Å². The summed E-state index contributed by atoms with van der Waals surface area (Å²) in [6, 6.07) is 1.79. The third-order valence-electron chi connectivity index (χ3n) is 2.34. The van der Waals surface area contributed by atoms with Gasteiger partial charge in [-0.25, -0.2) is 4.79 Å². The Balaban J connectivity index is 2.91. The lowest BCUT2D eigenvalue weighted by Gasteiger charge is -2.21. The van der Waals surface area contributed by atoms with E-state index in [4.69, 9.17) is 4.74 Å². The van der Waals surface area contributed by atoms with Crippen molar-refractivity contribution < 1.29 is 23.6 Å². The lowest BCUT2D eigenvalue weighted by molar-refractivity contribution is -0.387. The molecule has 0 aromatic heterocycles. The van der Waals surface area contributed by atoms with Crippen LogP contribution in [0.2, 0.25) is 0 Å². The van der Waals surface area contributed by atoms with E-state index in [0.717, 1.165) is 12.1 Å². The van der Waals surface area contributed by atoms with Crippen molar-refractivity contribution in [2.45, 2.75) is 32.4 Å². The second-order valence-corrected chi connectivity index (χ2v) is 5.23. The number of aldehydes is 1. The minimum Gasteiger partial charge on any atom is -0.444 e. The number of hydrogen-bond acceptors (Lipinski definition) is 5. The summed E-state index contributed by atoms with van der Waals surface area (Å²) in [6.45, 7) is 4.94. The first-order chi connectivity index (χ1) is 9.64. The Morgan fingerprint density at radius 1 is 1.48 bits per heavy atom. The monoisotopic (exact) mass is 298 g/mol. The Morgan fingerprint density at radius 2 is 2.10 bits per heavy atom. The zero-order valence-corrected chi connectivity index (χ0v) is 11.8. The van der Waals surface area contributed by atoms with Crippen molar-refractivity contribution in [2.24, 2.45) is 0 Å². The summed E-state index contributed by atoms with van der Waals surface area (Å²) in [5, 5.41) is 12.8. The van der Waals surface area contributed by atoms with Gasteiger partial charge in [-0.1, -0.05) is 0 Å². The van der Waals surface area contributed by atoms with Gasteiger partial charge in [0, 0.05) is 6.07 Å². The van der Waals surface area contributed by atoms with Crippen LogP contribution in [0.25, 0.3) is 0 Å². The normalized spacial score (nSPS) is 12.4. The van der Waals surface area contributed by atoms with Crippen molar-refractivity contribution in [1.82, 2.24) is 5.32 Å². The zero-order chi connectivity index (χ0) is 16.2. The summed E-state index contributed by atoms with van der Waals surface area (Å²) in [4.78, 5) is 32.2. The second-order valence-electron chi connectivity index (χ2n) is 5.23. The Hall–Kier alpha value is -2.51. The first-order valence-electron chi connectivity index (χ1n) is 6.02. The van der Waals surface area contributed by atoms with Gasteiger partial charge >= 0.3 is 11.8 Å². The molecular formula is C13H15FN2O5. The van der Waals surface area contributed by atoms with Gasteiger partial charge in [-0.3, -0.25) is 10.1 Å². The maximum Gasteiger partial charge on any atom is 0.408 e. The molecular weight excluding hydrogens is 283 g/mol. The maximum absolute atomic E-state index is 13.5. The molecule has 1 rings (SSSR count). The van der Waals surface area contributed by atoms with Crippen LogP contribution < -0.4 is 5.32 Å². The first kappa shape index (κ1) is 16.5. The average Bonchev–Trinajstić information content (AvgIpc) is 2.33. The summed E-state index contributed by atoms with van der Waals surface area (Å²) in [5.74, 6) is -1.09. The van der Waals surface area contributed by atoms with Crippen molar-refractivity contribution in [1.29, 1.82) is 0 Å². The number of nitrogens with zero attached hydrogens (tertiary/aromatic N) is 1. The van der Waals surface area contributed by atoms with Crippen LogP contribution in [0.4, 0.5) is 14.9 Å². The van der Waals surface area contributed by atoms with Crippen LogP contribution in [0.3, 0.4) is 0 Å². The molecule has 0 aliphatic heterocycles. The largest absolute Gasteiger partial charge is 0.444 e. The van der Waals surface area contributed by atoms with Crippen molar-refractivity contribution in [3.8, 4) is 0 Å². The van der Waals surface area contributed by atoms with E-state index in [1.807, 2.05) is 0 Å². The van der Waals surface area contributed by atoms with Crippen LogP contribution in [-0.2, 0) is 9.53 Å². The number of carbonyl (C=O) groups excluding carboxylic acids is 2. The summed E-state index contributed by atoms with van der Waals surface area (Å²) in [7, 11) is 0. The van der Waals surface area contributed by atoms with E-state index in [1.165, 1.54) is 6.07 Å². The summed E-state index contributed by atoms with van der Waals surface area (Å²) < 4.78 is 18.5. The van der Waals surface area contributed by atoms with E-state index >= 15 is 0 Å². The lowest BCUT2D eigenvalue weighted by atomic mass is 10.1. The van der Waals surface area contributed by atoms with Gasteiger partial charge in [-0.15, -0.1) is 0 Å². The number of nitro groups is 1. The van der Waals surface area contributed by atoms with Crippen LogP contribution >= 0.6 is 0 Å². The fourth-order valence-electron chi connectivity index (χ4n) is 1.50. The number of nitro benzene ring substituents is 1. The van der Waals surface area contributed by atoms with Crippen molar-refractivity contribution >= 4 is 18.1 Å². The van der Waals surface area contributed by atoms with Gasteiger partial charge in [-0.05, 0) is 38.5 Å². The van der Waals surface area contributed by atoms with Gasteiger partial charge < -0.3 is 14.8 Å². The molecule has 1 amide bonds. The molecule has 0 aliphatic carbocycles. The van der Waals surface area contributed by atoms with Crippen LogP contribution in [0.15, 0.2) is 18.2 Å². The van der Waals surface area contributed by atoms with E-state index in [0.29, 0.717) is 6.29 Å². The standard InChI is InChI=1S/C13H15FN2O5/c1-13(2,3)21-12(18)15-10(7-17)8-4-5-11(16(19)20)9(14)6-8/h4-7,10H,1-3H3,(H,15,18). The van der Waals surface area contributed by atoms with Crippen LogP contribution in [0.1, 0.15) is 32.4 Å². The predicted molar refractivity (Wildman–Crippen MR) is 71.2 cm³/mol. The number of halogens is 1. The minimum atomic E-state index is -1.16. The topological polar surface area (TPSA) is 98.5 Å². The SMILES string of the molecule is CC(C)(C)OC(=O)NC(C=O)c1ccc([N+](=O)[O-])c(F)c1. The number of rotatable bonds is 4. The van der Waals surface area contributed by atoms with Crippen LogP contribution in [0.5, 0.6) is 0 Å². The first-order valence-corrected chi connectivity index (χ1v) is 6.02. The number of alkyl carbamates (subject to hydrolysis) is 1. The highest BCUT2D eigenvalue weighted by Crippen LogP contribution is 2.21. The zero-order valence-electron chi connectivity index (χ0n) is 11.8. The van der Waals surface area contributed by atoms with E-state index in [-0.39, 0.29) is 5.56 Å². The molecule has 0 bridgehead atoms. The van der Waals surface area contributed by atoms with Crippen molar-refractivity contribution in [3.05, 3.63) is 39.7 Å². The van der Waals surface area contributed by atoms with E-state index in [1.54, 1.807) is 20.8 Å². The molecule has 7 nitrogen and oxygen atoms in total. The maximum atomic E-state index is 13.5. The third kappa shape index (κ3) is 4.83. The molecule has 0 saturated carbocycles. The lowest BCUT2D eigenvalue weighted by Crippen LogP contribution is -2.35. The fraction of sp³-hybridized carbons (Fsp3) is 0.385. The van der Waals surface area contributed by atoms with Gasteiger partial charge in [0.1, 0.15) is 17.9 Å². The highest BCUT2D eigenvalue weighted by atomic mass is 19.1. The number of hydrogen-bond donors (Lipinski definition) is 1. The summed E-state index contributed by atoms with van der Waals surface area (Å²) >= 11 is 0. The fourth-order valence-corrected chi connectivity index (χ4v) is 1.50. The Bertz CT molecular complexity index is 568. The molecule has 1 unspecified atom stereocenters. The van der Waals surface area contributed by atoms with Crippen molar-refractivity contribution in [2.75, 3.05) is 0 Å². The van der Waals surface area contributed by atoms with E-state index in [9.17, 15) is 24.1 Å². The molecule has 0 radical (unpaired) electrons. The molecule has 1 N–H and O–H groups in total. The van der Waals surface area contributed by atoms with E-state index < -0.39 is 34.2 Å². The Kier molecular flexibility index (Phi) is 4.96. The highest BCUT2D eigenvalue weighted by molar-refractivity contribution is 5.74.